The Labute approximate surface area is 219 Å². The Kier molecular flexibility index (Phi) is 7.30. The largest absolute Gasteiger partial charge is 0.493 e. The van der Waals surface area contributed by atoms with Crippen molar-refractivity contribution < 1.29 is 22.4 Å². The molecule has 0 amide bonds. The van der Waals surface area contributed by atoms with Gasteiger partial charge in [-0.15, -0.1) is 0 Å². The smallest absolute Gasteiger partial charge is 0.365 e. The highest BCUT2D eigenvalue weighted by molar-refractivity contribution is 7.87. The van der Waals surface area contributed by atoms with Gasteiger partial charge in [-0.2, -0.15) is 12.7 Å². The van der Waals surface area contributed by atoms with E-state index >= 15 is 0 Å². The summed E-state index contributed by atoms with van der Waals surface area (Å²) in [4.78, 5) is 16.8. The van der Waals surface area contributed by atoms with Crippen LogP contribution in [0, 0.1) is 0 Å². The lowest BCUT2D eigenvalue weighted by Gasteiger charge is -2.25. The molecule has 2 heterocycles. The van der Waals surface area contributed by atoms with Gasteiger partial charge >= 0.3 is 10.3 Å². The monoisotopic (exact) mass is 541 g/mol. The number of methoxy groups -OCH3 is 1. The summed E-state index contributed by atoms with van der Waals surface area (Å²) in [6.45, 7) is 6.08. The molecule has 2 aromatic carbocycles. The minimum Gasteiger partial charge on any atom is -0.493 e. The first-order chi connectivity index (χ1) is 17.5. The van der Waals surface area contributed by atoms with Crippen molar-refractivity contribution in [2.75, 3.05) is 11.4 Å². The number of aromatic nitrogens is 4. The van der Waals surface area contributed by atoms with Gasteiger partial charge in [0, 0.05) is 12.4 Å². The van der Waals surface area contributed by atoms with E-state index in [-0.39, 0.29) is 45.2 Å². The van der Waals surface area contributed by atoms with Crippen molar-refractivity contribution in [3.05, 3.63) is 77.7 Å². The zero-order chi connectivity index (χ0) is 26.8. The Bertz CT molecular complexity index is 1510. The Morgan fingerprint density at radius 1 is 0.892 bits per heavy atom. The van der Waals surface area contributed by atoms with Crippen LogP contribution < -0.4 is 13.8 Å². The summed E-state index contributed by atoms with van der Waals surface area (Å²) in [7, 11) is -3.48. The van der Waals surface area contributed by atoms with Gasteiger partial charge in [0.2, 0.25) is 11.6 Å². The second kappa shape index (κ2) is 10.3. The number of nitrogens with zero attached hydrogens (tertiary/aromatic N) is 5. The molecule has 192 valence electrons. The highest BCUT2D eigenvalue weighted by Crippen LogP contribution is 2.43. The molecule has 0 saturated carbocycles. The molecule has 0 aliphatic rings. The van der Waals surface area contributed by atoms with Gasteiger partial charge in [0.25, 0.3) is 0 Å². The third kappa shape index (κ3) is 5.79. The van der Waals surface area contributed by atoms with Gasteiger partial charge in [-0.3, -0.25) is 4.55 Å². The van der Waals surface area contributed by atoms with Gasteiger partial charge in [-0.25, -0.2) is 19.9 Å². The van der Waals surface area contributed by atoms with Crippen LogP contribution in [0.3, 0.4) is 0 Å². The molecule has 2 aromatic heterocycles. The van der Waals surface area contributed by atoms with Gasteiger partial charge in [0.05, 0.1) is 12.8 Å². The zero-order valence-corrected chi connectivity index (χ0v) is 22.0. The zero-order valence-electron chi connectivity index (χ0n) is 20.5. The molecule has 37 heavy (non-hydrogen) atoms. The number of hydrogen-bond acceptors (Lipinski definition) is 8. The van der Waals surface area contributed by atoms with Crippen LogP contribution >= 0.6 is 11.6 Å². The minimum atomic E-state index is -4.93. The van der Waals surface area contributed by atoms with E-state index in [2.05, 4.69) is 19.9 Å². The molecule has 1 N–H and O–H groups in total. The first-order valence-electron chi connectivity index (χ1n) is 11.0. The van der Waals surface area contributed by atoms with Crippen LogP contribution in [-0.2, 0) is 15.7 Å². The number of ether oxygens (including phenoxy) is 2. The van der Waals surface area contributed by atoms with E-state index in [1.807, 2.05) is 20.8 Å². The molecule has 0 bridgehead atoms. The summed E-state index contributed by atoms with van der Waals surface area (Å²) in [6, 6.07) is 14.9. The predicted molar refractivity (Wildman–Crippen MR) is 140 cm³/mol. The van der Waals surface area contributed by atoms with Crippen molar-refractivity contribution in [2.45, 2.75) is 26.2 Å². The second-order valence-corrected chi connectivity index (χ2v) is 10.5. The molecule has 0 atom stereocenters. The number of para-hydroxylation sites is 2. The van der Waals surface area contributed by atoms with E-state index in [9.17, 15) is 13.0 Å². The van der Waals surface area contributed by atoms with Crippen LogP contribution in [0.5, 0.6) is 17.2 Å². The number of anilines is 2. The van der Waals surface area contributed by atoms with E-state index in [0.29, 0.717) is 10.1 Å². The second-order valence-electron chi connectivity index (χ2n) is 8.86. The van der Waals surface area contributed by atoms with Gasteiger partial charge in [-0.05, 0) is 41.3 Å². The molecular weight excluding hydrogens is 518 g/mol. The third-order valence-electron chi connectivity index (χ3n) is 5.24. The number of benzene rings is 2. The number of rotatable bonds is 7. The van der Waals surface area contributed by atoms with E-state index in [4.69, 9.17) is 21.1 Å². The number of hydrogen-bond donors (Lipinski definition) is 1. The SMILES string of the molecule is COc1ccccc1Oc1c(Cl)nc(-c2ncccn2)nc1N(c1ccc(C(C)(C)C)cc1)S(=O)(=O)O. The molecule has 0 saturated heterocycles. The fourth-order valence-corrected chi connectivity index (χ4v) is 4.36. The summed E-state index contributed by atoms with van der Waals surface area (Å²) in [5, 5.41) is -0.238. The fourth-order valence-electron chi connectivity index (χ4n) is 3.43. The van der Waals surface area contributed by atoms with Crippen molar-refractivity contribution in [3.8, 4) is 28.9 Å². The Hall–Kier alpha value is -3.80. The Morgan fingerprint density at radius 3 is 2.08 bits per heavy atom. The maximum Gasteiger partial charge on any atom is 0.365 e. The maximum atomic E-state index is 12.8. The summed E-state index contributed by atoms with van der Waals surface area (Å²) in [5.41, 5.74) is 0.863. The summed E-state index contributed by atoms with van der Waals surface area (Å²) >= 11 is 6.52. The van der Waals surface area contributed by atoms with Gasteiger partial charge in [0.1, 0.15) is 0 Å². The van der Waals surface area contributed by atoms with Gasteiger partial charge in [-0.1, -0.05) is 56.6 Å². The molecule has 12 heteroatoms. The summed E-state index contributed by atoms with van der Waals surface area (Å²) in [5.74, 6) is 0.00953. The van der Waals surface area contributed by atoms with E-state index < -0.39 is 10.3 Å². The molecule has 0 aliphatic heterocycles. The van der Waals surface area contributed by atoms with Crippen LogP contribution in [0.1, 0.15) is 26.3 Å². The van der Waals surface area contributed by atoms with Crippen LogP contribution in [0.2, 0.25) is 5.15 Å². The average Bonchev–Trinajstić information content (AvgIpc) is 2.85. The van der Waals surface area contributed by atoms with Crippen molar-refractivity contribution in [1.82, 2.24) is 19.9 Å². The van der Waals surface area contributed by atoms with Crippen LogP contribution in [0.15, 0.2) is 67.0 Å². The quantitative estimate of drug-likeness (QED) is 0.234. The Morgan fingerprint density at radius 2 is 1.51 bits per heavy atom. The third-order valence-corrected chi connectivity index (χ3v) is 6.35. The summed E-state index contributed by atoms with van der Waals surface area (Å²) < 4.78 is 47.8. The molecule has 0 unspecified atom stereocenters. The highest BCUT2D eigenvalue weighted by Gasteiger charge is 2.31. The minimum absolute atomic E-state index is 0.0760. The Balaban J connectivity index is 1.96. The van der Waals surface area contributed by atoms with Crippen molar-refractivity contribution in [3.63, 3.8) is 0 Å². The van der Waals surface area contributed by atoms with E-state index in [1.54, 1.807) is 54.6 Å². The molecule has 0 fully saturated rings. The van der Waals surface area contributed by atoms with Gasteiger partial charge in [0.15, 0.2) is 28.3 Å². The van der Waals surface area contributed by atoms with E-state index in [1.165, 1.54) is 19.5 Å². The van der Waals surface area contributed by atoms with Crippen molar-refractivity contribution in [2.24, 2.45) is 0 Å². The summed E-state index contributed by atoms with van der Waals surface area (Å²) in [6.07, 6.45) is 2.95. The van der Waals surface area contributed by atoms with Crippen molar-refractivity contribution >= 4 is 33.4 Å². The molecule has 10 nitrogen and oxygen atoms in total. The first-order valence-corrected chi connectivity index (χ1v) is 12.8. The van der Waals surface area contributed by atoms with Crippen molar-refractivity contribution in [1.29, 1.82) is 0 Å². The molecule has 0 radical (unpaired) electrons. The molecule has 4 aromatic rings. The molecule has 4 rings (SSSR count). The average molecular weight is 542 g/mol. The lowest BCUT2D eigenvalue weighted by Crippen LogP contribution is -2.27. The molecular formula is C25H24ClN5O5S. The molecule has 0 spiro atoms. The normalized spacial score (nSPS) is 11.7. The van der Waals surface area contributed by atoms with E-state index in [0.717, 1.165) is 5.56 Å². The predicted octanol–water partition coefficient (Wildman–Crippen LogP) is 5.63. The van der Waals surface area contributed by atoms with Gasteiger partial charge < -0.3 is 9.47 Å². The molecule has 0 aliphatic carbocycles. The highest BCUT2D eigenvalue weighted by atomic mass is 35.5. The first kappa shape index (κ1) is 26.3. The lowest BCUT2D eigenvalue weighted by atomic mass is 9.87. The van der Waals surface area contributed by atoms with Crippen LogP contribution in [0.25, 0.3) is 11.6 Å². The standard InChI is InChI=1S/C25H24ClN5O5S/c1-25(2,3)16-10-12-17(13-11-16)31(37(32,33)34)24-20(36-19-9-6-5-8-18(19)35-4)21(26)29-23(30-24)22-27-14-7-15-28-22/h5-15H,1-4H3,(H,32,33,34). The fraction of sp³-hybridized carbons (Fsp3) is 0.200. The van der Waals surface area contributed by atoms with Crippen LogP contribution in [0.4, 0.5) is 11.5 Å². The maximum absolute atomic E-state index is 12.8. The topological polar surface area (TPSA) is 128 Å². The number of halogens is 1. The van der Waals surface area contributed by atoms with Crippen LogP contribution in [-0.4, -0.2) is 40.0 Å². The lowest BCUT2D eigenvalue weighted by molar-refractivity contribution is 0.378.